The van der Waals surface area contributed by atoms with Crippen LogP contribution in [0.2, 0.25) is 0 Å². The second-order valence-electron chi connectivity index (χ2n) is 4.84. The topological polar surface area (TPSA) is 17.1 Å². The highest BCUT2D eigenvalue weighted by Gasteiger charge is 2.25. The van der Waals surface area contributed by atoms with Crippen LogP contribution >= 0.6 is 15.1 Å². The summed E-state index contributed by atoms with van der Waals surface area (Å²) in [6, 6.07) is 0. The van der Waals surface area contributed by atoms with Crippen molar-refractivity contribution in [3.8, 4) is 0 Å². The van der Waals surface area contributed by atoms with Crippen molar-refractivity contribution in [2.75, 3.05) is 37.0 Å². The summed E-state index contributed by atoms with van der Waals surface area (Å²) in [4.78, 5) is 0. The maximum absolute atomic E-state index is 12.5. The second kappa shape index (κ2) is 5.13. The molecule has 3 heteroatoms. The first kappa shape index (κ1) is 11.2. The van der Waals surface area contributed by atoms with E-state index in [-0.39, 0.29) is 0 Å². The fourth-order valence-corrected chi connectivity index (χ4v) is 8.60. The van der Waals surface area contributed by atoms with Crippen molar-refractivity contribution in [1.29, 1.82) is 0 Å². The zero-order valence-corrected chi connectivity index (χ0v) is 10.9. The molecule has 0 radical (unpaired) electrons. The van der Waals surface area contributed by atoms with Gasteiger partial charge in [0, 0.05) is 18.5 Å². The molecule has 2 saturated heterocycles. The van der Waals surface area contributed by atoms with E-state index in [4.69, 9.17) is 0 Å². The van der Waals surface area contributed by atoms with E-state index in [1.165, 1.54) is 50.6 Å². The van der Waals surface area contributed by atoms with E-state index in [9.17, 15) is 4.57 Å². The van der Waals surface area contributed by atoms with E-state index in [1.807, 2.05) is 0 Å². The van der Waals surface area contributed by atoms with Crippen molar-refractivity contribution < 1.29 is 4.57 Å². The molecule has 0 amide bonds. The molecule has 1 nitrogen and oxygen atoms in total. The minimum absolute atomic E-state index is 0.345. The van der Waals surface area contributed by atoms with Gasteiger partial charge in [0.05, 0.1) is 7.14 Å². The molecule has 82 valence electrons. The monoisotopic (exact) mass is 232 g/mol. The van der Waals surface area contributed by atoms with Crippen LogP contribution in [0.5, 0.6) is 0 Å². The number of fused-ring (bicyclic) bond motifs is 4. The molecule has 0 aromatic carbocycles. The second-order valence-corrected chi connectivity index (χ2v) is 11.0. The third-order valence-corrected chi connectivity index (χ3v) is 9.86. The lowest BCUT2D eigenvalue weighted by atomic mass is 10.4. The standard InChI is InChI=1S/C11H22OP2/c12-14-9-3-1-6-13(8-5-11-14)7-2-4-10-14/h1-11H2. The Bertz CT molecular complexity index is 211. The van der Waals surface area contributed by atoms with E-state index < -0.39 is 7.14 Å². The van der Waals surface area contributed by atoms with Gasteiger partial charge in [-0.15, -0.1) is 7.92 Å². The maximum Gasteiger partial charge on any atom is 0.0877 e. The Hall–Kier alpha value is 0.660. The highest BCUT2D eigenvalue weighted by atomic mass is 31.2. The zero-order chi connectivity index (χ0) is 9.86. The Morgan fingerprint density at radius 2 is 1.21 bits per heavy atom. The molecule has 2 fully saturated rings. The third kappa shape index (κ3) is 3.07. The molecule has 0 saturated carbocycles. The van der Waals surface area contributed by atoms with Crippen LogP contribution in [0.4, 0.5) is 0 Å². The smallest absolute Gasteiger partial charge is 0.0877 e. The lowest BCUT2D eigenvalue weighted by Crippen LogP contribution is -2.01. The average Bonchev–Trinajstić information content (AvgIpc) is 2.31. The first-order chi connectivity index (χ1) is 6.79. The van der Waals surface area contributed by atoms with Gasteiger partial charge in [0.1, 0.15) is 0 Å². The van der Waals surface area contributed by atoms with Crippen LogP contribution in [-0.4, -0.2) is 37.0 Å². The molecule has 2 heterocycles. The Kier molecular flexibility index (Phi) is 4.09. The van der Waals surface area contributed by atoms with Gasteiger partial charge >= 0.3 is 0 Å². The van der Waals surface area contributed by atoms with Crippen LogP contribution < -0.4 is 0 Å². The van der Waals surface area contributed by atoms with Crippen molar-refractivity contribution in [2.24, 2.45) is 0 Å². The fourth-order valence-electron chi connectivity index (χ4n) is 2.72. The fraction of sp³-hybridized carbons (Fsp3) is 1.00. The molecule has 2 bridgehead atoms. The molecule has 0 aromatic rings. The average molecular weight is 232 g/mol. The SMILES string of the molecule is O=P12CCCCP(CCCC1)CCC2. The Morgan fingerprint density at radius 3 is 1.86 bits per heavy atom. The van der Waals surface area contributed by atoms with Crippen LogP contribution in [0.3, 0.4) is 0 Å². The van der Waals surface area contributed by atoms with Crippen molar-refractivity contribution in [1.82, 2.24) is 0 Å². The highest BCUT2D eigenvalue weighted by molar-refractivity contribution is 7.64. The molecule has 0 aliphatic carbocycles. The lowest BCUT2D eigenvalue weighted by molar-refractivity contribution is 0.569. The van der Waals surface area contributed by atoms with E-state index in [0.717, 1.165) is 18.5 Å². The van der Waals surface area contributed by atoms with E-state index in [0.29, 0.717) is 7.92 Å². The van der Waals surface area contributed by atoms with Gasteiger partial charge in [0.25, 0.3) is 0 Å². The largest absolute Gasteiger partial charge is 0.324 e. The molecular formula is C11H22OP2. The summed E-state index contributed by atoms with van der Waals surface area (Å²) in [5, 5.41) is 0. The normalized spacial score (nSPS) is 40.4. The Labute approximate surface area is 89.2 Å². The number of hydrogen-bond acceptors (Lipinski definition) is 1. The van der Waals surface area contributed by atoms with Gasteiger partial charge in [0.2, 0.25) is 0 Å². The summed E-state index contributed by atoms with van der Waals surface area (Å²) in [5.74, 6) is 0. The van der Waals surface area contributed by atoms with Crippen LogP contribution in [-0.2, 0) is 4.57 Å². The molecule has 0 unspecified atom stereocenters. The van der Waals surface area contributed by atoms with E-state index >= 15 is 0 Å². The summed E-state index contributed by atoms with van der Waals surface area (Å²) in [5.41, 5.74) is 0. The molecule has 2 rings (SSSR count). The lowest BCUT2D eigenvalue weighted by Gasteiger charge is -2.18. The predicted octanol–water partition coefficient (Wildman–Crippen LogP) is 3.81. The first-order valence-corrected chi connectivity index (χ1v) is 10.2. The predicted molar refractivity (Wildman–Crippen MR) is 66.8 cm³/mol. The van der Waals surface area contributed by atoms with Crippen molar-refractivity contribution in [2.45, 2.75) is 32.1 Å². The van der Waals surface area contributed by atoms with Gasteiger partial charge in [-0.3, -0.25) is 0 Å². The van der Waals surface area contributed by atoms with Crippen LogP contribution in [0.1, 0.15) is 32.1 Å². The summed E-state index contributed by atoms with van der Waals surface area (Å²) >= 11 is 0. The minimum Gasteiger partial charge on any atom is -0.324 e. The van der Waals surface area contributed by atoms with Crippen molar-refractivity contribution in [3.05, 3.63) is 0 Å². The molecule has 0 spiro atoms. The van der Waals surface area contributed by atoms with Crippen LogP contribution in [0.25, 0.3) is 0 Å². The molecular weight excluding hydrogens is 210 g/mol. The van der Waals surface area contributed by atoms with Gasteiger partial charge in [-0.1, -0.05) is 0 Å². The quantitative estimate of drug-likeness (QED) is 0.580. The van der Waals surface area contributed by atoms with E-state index in [1.54, 1.807) is 0 Å². The minimum atomic E-state index is -1.69. The highest BCUT2D eigenvalue weighted by Crippen LogP contribution is 2.53. The third-order valence-electron chi connectivity index (χ3n) is 3.62. The molecule has 2 aliphatic rings. The summed E-state index contributed by atoms with van der Waals surface area (Å²) < 4.78 is 12.5. The van der Waals surface area contributed by atoms with Crippen LogP contribution in [0, 0.1) is 0 Å². The van der Waals surface area contributed by atoms with Gasteiger partial charge in [-0.05, 0) is 50.6 Å². The van der Waals surface area contributed by atoms with Gasteiger partial charge < -0.3 is 4.57 Å². The van der Waals surface area contributed by atoms with Gasteiger partial charge in [0.15, 0.2) is 0 Å². The Morgan fingerprint density at radius 1 is 0.714 bits per heavy atom. The molecule has 0 atom stereocenters. The summed E-state index contributed by atoms with van der Waals surface area (Å²) in [6.45, 7) is 0. The molecule has 0 N–H and O–H groups in total. The van der Waals surface area contributed by atoms with Crippen molar-refractivity contribution in [3.63, 3.8) is 0 Å². The van der Waals surface area contributed by atoms with Crippen LogP contribution in [0.15, 0.2) is 0 Å². The number of hydrogen-bond donors (Lipinski definition) is 0. The van der Waals surface area contributed by atoms with Crippen molar-refractivity contribution >= 4 is 15.1 Å². The molecule has 0 aromatic heterocycles. The molecule has 14 heavy (non-hydrogen) atoms. The first-order valence-electron chi connectivity index (χ1n) is 6.08. The van der Waals surface area contributed by atoms with Gasteiger partial charge in [-0.25, -0.2) is 0 Å². The van der Waals surface area contributed by atoms with E-state index in [2.05, 4.69) is 0 Å². The number of rotatable bonds is 0. The maximum atomic E-state index is 12.5. The summed E-state index contributed by atoms with van der Waals surface area (Å²) in [6.07, 6.45) is 14.2. The van der Waals surface area contributed by atoms with Gasteiger partial charge in [-0.2, -0.15) is 0 Å². The molecule has 2 aliphatic heterocycles. The zero-order valence-electron chi connectivity index (χ0n) is 9.08. The Balaban J connectivity index is 2.08. The summed E-state index contributed by atoms with van der Waals surface area (Å²) in [7, 11) is -1.35.